The largest absolute Gasteiger partial charge is 0.489 e. The van der Waals surface area contributed by atoms with Gasteiger partial charge in [-0.15, -0.1) is 0 Å². The maximum Gasteiger partial charge on any atom is 0.298 e. The molecule has 0 saturated carbocycles. The van der Waals surface area contributed by atoms with Crippen LogP contribution in [0.4, 0.5) is 6.01 Å². The van der Waals surface area contributed by atoms with Crippen molar-refractivity contribution in [3.63, 3.8) is 0 Å². The summed E-state index contributed by atoms with van der Waals surface area (Å²) in [5.74, 6) is 0.936. The number of hydrogen-bond acceptors (Lipinski definition) is 5. The Bertz CT molecular complexity index is 1180. The molecular formula is C27H27N3O3. The molecule has 5 rings (SSSR count). The fourth-order valence-corrected chi connectivity index (χ4v) is 4.20. The van der Waals surface area contributed by atoms with Gasteiger partial charge >= 0.3 is 0 Å². The standard InChI is InChI=1S/C27H27N3O3/c31-26(20-14-16-30(17-15-20)27-29-24-12-6-7-13-25(24)33-27)28-18-21-8-4-5-9-22(21)19-32-23-10-2-1-3-11-23/h1-13,20H,14-19H2,(H,28,31). The van der Waals surface area contributed by atoms with Crippen LogP contribution in [-0.2, 0) is 17.9 Å². The van der Waals surface area contributed by atoms with E-state index in [1.807, 2.05) is 78.9 Å². The summed E-state index contributed by atoms with van der Waals surface area (Å²) in [6.45, 7) is 2.48. The SMILES string of the molecule is O=C(NCc1ccccc1COc1ccccc1)C1CCN(c2nc3ccccc3o2)CC1. The first kappa shape index (κ1) is 21.1. The molecule has 4 aromatic rings. The third kappa shape index (κ3) is 5.00. The van der Waals surface area contributed by atoms with E-state index < -0.39 is 0 Å². The van der Waals surface area contributed by atoms with E-state index in [1.54, 1.807) is 0 Å². The Hall–Kier alpha value is -3.80. The molecule has 2 heterocycles. The monoisotopic (exact) mass is 441 g/mol. The van der Waals surface area contributed by atoms with E-state index in [2.05, 4.69) is 15.2 Å². The molecule has 1 amide bonds. The minimum Gasteiger partial charge on any atom is -0.489 e. The van der Waals surface area contributed by atoms with E-state index in [-0.39, 0.29) is 11.8 Å². The van der Waals surface area contributed by atoms with Crippen molar-refractivity contribution in [2.75, 3.05) is 18.0 Å². The van der Waals surface area contributed by atoms with Crippen molar-refractivity contribution in [1.82, 2.24) is 10.3 Å². The molecule has 0 radical (unpaired) electrons. The molecule has 0 bridgehead atoms. The zero-order chi connectivity index (χ0) is 22.5. The molecule has 0 spiro atoms. The molecule has 0 aliphatic carbocycles. The van der Waals surface area contributed by atoms with Crippen LogP contribution in [0.5, 0.6) is 5.75 Å². The van der Waals surface area contributed by atoms with Gasteiger partial charge < -0.3 is 19.4 Å². The molecule has 6 heteroatoms. The normalized spacial score (nSPS) is 14.4. The Morgan fingerprint density at radius 2 is 1.64 bits per heavy atom. The van der Waals surface area contributed by atoms with Gasteiger partial charge in [0.05, 0.1) is 0 Å². The second-order valence-corrected chi connectivity index (χ2v) is 8.31. The molecule has 1 aromatic heterocycles. The smallest absolute Gasteiger partial charge is 0.298 e. The number of ether oxygens (including phenoxy) is 1. The van der Waals surface area contributed by atoms with Gasteiger partial charge in [0.2, 0.25) is 5.91 Å². The third-order valence-corrected chi connectivity index (χ3v) is 6.13. The first-order valence-electron chi connectivity index (χ1n) is 11.4. The fourth-order valence-electron chi connectivity index (χ4n) is 4.20. The van der Waals surface area contributed by atoms with Crippen LogP contribution in [0.3, 0.4) is 0 Å². The average Bonchev–Trinajstić information content (AvgIpc) is 3.32. The van der Waals surface area contributed by atoms with E-state index in [1.165, 1.54) is 0 Å². The van der Waals surface area contributed by atoms with E-state index in [4.69, 9.17) is 9.15 Å². The maximum absolute atomic E-state index is 12.8. The Morgan fingerprint density at radius 3 is 2.42 bits per heavy atom. The minimum absolute atomic E-state index is 0.00152. The zero-order valence-electron chi connectivity index (χ0n) is 18.4. The number of carbonyl (C=O) groups excluding carboxylic acids is 1. The van der Waals surface area contributed by atoms with Crippen molar-refractivity contribution < 1.29 is 13.9 Å². The van der Waals surface area contributed by atoms with Gasteiger partial charge in [-0.1, -0.05) is 54.6 Å². The molecule has 168 valence electrons. The summed E-state index contributed by atoms with van der Waals surface area (Å²) in [6.07, 6.45) is 1.56. The van der Waals surface area contributed by atoms with Gasteiger partial charge in [-0.3, -0.25) is 4.79 Å². The van der Waals surface area contributed by atoms with E-state index >= 15 is 0 Å². The van der Waals surface area contributed by atoms with Crippen LogP contribution < -0.4 is 15.0 Å². The number of para-hydroxylation sites is 3. The van der Waals surface area contributed by atoms with Crippen molar-refractivity contribution in [2.45, 2.75) is 26.0 Å². The maximum atomic E-state index is 12.8. The summed E-state index contributed by atoms with van der Waals surface area (Å²) < 4.78 is 11.8. The second-order valence-electron chi connectivity index (χ2n) is 8.31. The summed E-state index contributed by atoms with van der Waals surface area (Å²) in [6, 6.07) is 26.3. The highest BCUT2D eigenvalue weighted by molar-refractivity contribution is 5.79. The van der Waals surface area contributed by atoms with Gasteiger partial charge in [0, 0.05) is 25.6 Å². The van der Waals surface area contributed by atoms with Gasteiger partial charge in [-0.25, -0.2) is 0 Å². The predicted molar refractivity (Wildman–Crippen MR) is 128 cm³/mol. The van der Waals surface area contributed by atoms with Crippen LogP contribution in [0, 0.1) is 5.92 Å². The first-order chi connectivity index (χ1) is 16.3. The summed E-state index contributed by atoms with van der Waals surface area (Å²) in [5.41, 5.74) is 3.81. The lowest BCUT2D eigenvalue weighted by Crippen LogP contribution is -2.40. The molecule has 1 fully saturated rings. The lowest BCUT2D eigenvalue weighted by molar-refractivity contribution is -0.125. The molecule has 0 unspecified atom stereocenters. The molecule has 1 N–H and O–H groups in total. The Labute approximate surface area is 193 Å². The molecule has 0 atom stereocenters. The van der Waals surface area contributed by atoms with Crippen molar-refractivity contribution >= 4 is 23.0 Å². The molecule has 33 heavy (non-hydrogen) atoms. The van der Waals surface area contributed by atoms with Gasteiger partial charge in [0.1, 0.15) is 17.9 Å². The van der Waals surface area contributed by atoms with Crippen molar-refractivity contribution in [1.29, 1.82) is 0 Å². The van der Waals surface area contributed by atoms with Gasteiger partial charge in [-0.05, 0) is 48.2 Å². The second kappa shape index (κ2) is 9.77. The molecule has 6 nitrogen and oxygen atoms in total. The number of benzene rings is 3. The topological polar surface area (TPSA) is 67.6 Å². The van der Waals surface area contributed by atoms with Crippen LogP contribution in [0.15, 0.2) is 83.3 Å². The predicted octanol–water partition coefficient (Wildman–Crippen LogP) is 4.94. The van der Waals surface area contributed by atoms with Crippen LogP contribution in [0.1, 0.15) is 24.0 Å². The highest BCUT2D eigenvalue weighted by atomic mass is 16.5. The summed E-state index contributed by atoms with van der Waals surface area (Å²) in [5, 5.41) is 3.13. The number of carbonyl (C=O) groups is 1. The number of amides is 1. The minimum atomic E-state index is -0.00152. The highest BCUT2D eigenvalue weighted by Crippen LogP contribution is 2.26. The van der Waals surface area contributed by atoms with Gasteiger partial charge in [0.15, 0.2) is 5.58 Å². The van der Waals surface area contributed by atoms with Crippen LogP contribution in [0.2, 0.25) is 0 Å². The highest BCUT2D eigenvalue weighted by Gasteiger charge is 2.27. The van der Waals surface area contributed by atoms with Crippen molar-refractivity contribution in [2.24, 2.45) is 5.92 Å². The molecular weight excluding hydrogens is 414 g/mol. The Kier molecular flexibility index (Phi) is 6.24. The average molecular weight is 442 g/mol. The van der Waals surface area contributed by atoms with Crippen LogP contribution in [0.25, 0.3) is 11.1 Å². The quantitative estimate of drug-likeness (QED) is 0.440. The zero-order valence-corrected chi connectivity index (χ0v) is 18.4. The Balaban J connectivity index is 1.14. The summed E-state index contributed by atoms with van der Waals surface area (Å²) in [7, 11) is 0. The number of oxazole rings is 1. The summed E-state index contributed by atoms with van der Waals surface area (Å²) >= 11 is 0. The number of rotatable bonds is 7. The van der Waals surface area contributed by atoms with Crippen LogP contribution >= 0.6 is 0 Å². The van der Waals surface area contributed by atoms with Crippen LogP contribution in [-0.4, -0.2) is 24.0 Å². The number of nitrogens with one attached hydrogen (secondary N) is 1. The molecule has 1 aliphatic heterocycles. The van der Waals surface area contributed by atoms with E-state index in [0.717, 1.165) is 53.9 Å². The number of nitrogens with zero attached hydrogens (tertiary/aromatic N) is 2. The lowest BCUT2D eigenvalue weighted by Gasteiger charge is -2.30. The number of piperidine rings is 1. The summed E-state index contributed by atoms with van der Waals surface area (Å²) in [4.78, 5) is 19.5. The third-order valence-electron chi connectivity index (χ3n) is 6.13. The van der Waals surface area contributed by atoms with Gasteiger partial charge in [0.25, 0.3) is 6.01 Å². The number of aromatic nitrogens is 1. The number of hydrogen-bond donors (Lipinski definition) is 1. The molecule has 1 aliphatic rings. The van der Waals surface area contributed by atoms with E-state index in [9.17, 15) is 4.79 Å². The van der Waals surface area contributed by atoms with Crippen molar-refractivity contribution in [3.8, 4) is 5.75 Å². The Morgan fingerprint density at radius 1 is 0.939 bits per heavy atom. The fraction of sp³-hybridized carbons (Fsp3) is 0.259. The number of fused-ring (bicyclic) bond motifs is 1. The number of anilines is 1. The van der Waals surface area contributed by atoms with E-state index in [0.29, 0.717) is 19.2 Å². The molecule has 1 saturated heterocycles. The van der Waals surface area contributed by atoms with Crippen molar-refractivity contribution in [3.05, 3.63) is 90.0 Å². The first-order valence-corrected chi connectivity index (χ1v) is 11.4. The lowest BCUT2D eigenvalue weighted by atomic mass is 9.96. The molecule has 3 aromatic carbocycles. The van der Waals surface area contributed by atoms with Gasteiger partial charge in [-0.2, -0.15) is 4.98 Å².